The molecule has 11 nitrogen and oxygen atoms in total. The molecule has 0 radical (unpaired) electrons. The second-order valence-electron chi connectivity index (χ2n) is 7.45. The zero-order valence-corrected chi connectivity index (χ0v) is 19.8. The van der Waals surface area contributed by atoms with Crippen LogP contribution in [0.5, 0.6) is 11.5 Å². The number of ether oxygens (including phenoxy) is 2. The fraction of sp³-hybridized carbons (Fsp3) is 0.250. The van der Waals surface area contributed by atoms with Gasteiger partial charge in [-0.15, -0.1) is 10.2 Å². The van der Waals surface area contributed by atoms with Gasteiger partial charge >= 0.3 is 0 Å². The summed E-state index contributed by atoms with van der Waals surface area (Å²) in [6, 6.07) is 16.8. The van der Waals surface area contributed by atoms with Crippen LogP contribution in [0, 0.1) is 10.1 Å². The predicted octanol–water partition coefficient (Wildman–Crippen LogP) is 6.23. The van der Waals surface area contributed by atoms with E-state index in [-0.39, 0.29) is 5.69 Å². The van der Waals surface area contributed by atoms with E-state index in [1.807, 2.05) is 31.3 Å². The van der Waals surface area contributed by atoms with Gasteiger partial charge in [-0.2, -0.15) is 10.2 Å². The number of nitro benzene ring substituents is 1. The minimum atomic E-state index is -0.474. The Morgan fingerprint density at radius 1 is 0.857 bits per heavy atom. The lowest BCUT2D eigenvalue weighted by Crippen LogP contribution is -2.20. The SMILES string of the molecule is COc1cc(N=Nc2ccc([N+](=O)[O-])cc2)c(OC)cc1N=Nc1ccc(N(C)CCCN)cc1. The normalized spacial score (nSPS) is 11.2. The molecule has 0 saturated carbocycles. The Labute approximate surface area is 203 Å². The van der Waals surface area contributed by atoms with Crippen LogP contribution in [0.25, 0.3) is 0 Å². The summed E-state index contributed by atoms with van der Waals surface area (Å²) in [6.45, 7) is 1.53. The minimum absolute atomic E-state index is 0.0221. The van der Waals surface area contributed by atoms with Gasteiger partial charge in [0, 0.05) is 43.5 Å². The van der Waals surface area contributed by atoms with Gasteiger partial charge in [-0.3, -0.25) is 10.1 Å². The van der Waals surface area contributed by atoms with Crippen LogP contribution in [0.4, 0.5) is 34.1 Å². The van der Waals surface area contributed by atoms with Crippen LogP contribution in [-0.2, 0) is 0 Å². The lowest BCUT2D eigenvalue weighted by atomic mass is 10.2. The summed E-state index contributed by atoms with van der Waals surface area (Å²) in [7, 11) is 5.04. The molecule has 0 bridgehead atoms. The molecule has 0 aliphatic rings. The molecule has 0 saturated heterocycles. The maximum atomic E-state index is 10.8. The second kappa shape index (κ2) is 12.2. The number of non-ortho nitro benzene ring substituents is 1. The smallest absolute Gasteiger partial charge is 0.269 e. The van der Waals surface area contributed by atoms with Crippen molar-refractivity contribution in [3.05, 3.63) is 70.8 Å². The summed E-state index contributed by atoms with van der Waals surface area (Å²) in [6.07, 6.45) is 0.920. The Hall–Kier alpha value is -4.38. The van der Waals surface area contributed by atoms with Crippen molar-refractivity contribution >= 4 is 34.1 Å². The lowest BCUT2D eigenvalue weighted by Gasteiger charge is -2.18. The highest BCUT2D eigenvalue weighted by Gasteiger charge is 2.12. The van der Waals surface area contributed by atoms with Gasteiger partial charge in [0.15, 0.2) is 0 Å². The molecule has 2 N–H and O–H groups in total. The van der Waals surface area contributed by atoms with Gasteiger partial charge in [-0.25, -0.2) is 0 Å². The van der Waals surface area contributed by atoms with Crippen molar-refractivity contribution in [3.8, 4) is 11.5 Å². The van der Waals surface area contributed by atoms with Gasteiger partial charge in [-0.1, -0.05) is 0 Å². The minimum Gasteiger partial charge on any atom is -0.494 e. The quantitative estimate of drug-likeness (QED) is 0.197. The summed E-state index contributed by atoms with van der Waals surface area (Å²) in [5, 5.41) is 27.8. The van der Waals surface area contributed by atoms with Crippen LogP contribution in [0.2, 0.25) is 0 Å². The monoisotopic (exact) mass is 477 g/mol. The summed E-state index contributed by atoms with van der Waals surface area (Å²) >= 11 is 0. The second-order valence-corrected chi connectivity index (χ2v) is 7.45. The lowest BCUT2D eigenvalue weighted by molar-refractivity contribution is -0.384. The number of methoxy groups -OCH3 is 2. The highest BCUT2D eigenvalue weighted by molar-refractivity contribution is 5.66. The van der Waals surface area contributed by atoms with Gasteiger partial charge in [0.25, 0.3) is 5.69 Å². The molecular weight excluding hydrogens is 450 g/mol. The summed E-state index contributed by atoms with van der Waals surface area (Å²) < 4.78 is 10.9. The Kier molecular flexibility index (Phi) is 8.79. The van der Waals surface area contributed by atoms with E-state index in [0.717, 1.165) is 18.7 Å². The van der Waals surface area contributed by atoms with Crippen molar-refractivity contribution in [3.63, 3.8) is 0 Å². The van der Waals surface area contributed by atoms with E-state index >= 15 is 0 Å². The molecule has 0 unspecified atom stereocenters. The number of nitrogens with two attached hydrogens (primary N) is 1. The first-order valence-electron chi connectivity index (χ1n) is 10.8. The molecule has 0 spiro atoms. The summed E-state index contributed by atoms with van der Waals surface area (Å²) in [5.41, 5.74) is 8.64. The third-order valence-electron chi connectivity index (χ3n) is 5.08. The van der Waals surface area contributed by atoms with Crippen LogP contribution >= 0.6 is 0 Å². The van der Waals surface area contributed by atoms with E-state index in [0.29, 0.717) is 40.8 Å². The van der Waals surface area contributed by atoms with E-state index < -0.39 is 4.92 Å². The van der Waals surface area contributed by atoms with Crippen molar-refractivity contribution in [2.24, 2.45) is 26.2 Å². The Morgan fingerprint density at radius 3 is 1.77 bits per heavy atom. The van der Waals surface area contributed by atoms with Gasteiger partial charge < -0.3 is 20.1 Å². The molecule has 0 heterocycles. The fourth-order valence-electron chi connectivity index (χ4n) is 3.12. The number of hydrogen-bond acceptors (Lipinski definition) is 10. The molecule has 182 valence electrons. The maximum Gasteiger partial charge on any atom is 0.269 e. The Balaban J connectivity index is 1.79. The van der Waals surface area contributed by atoms with Crippen molar-refractivity contribution in [2.45, 2.75) is 6.42 Å². The topological polar surface area (TPSA) is 140 Å². The molecule has 35 heavy (non-hydrogen) atoms. The molecule has 3 aromatic carbocycles. The number of anilines is 1. The van der Waals surface area contributed by atoms with Crippen molar-refractivity contribution in [2.75, 3.05) is 39.3 Å². The first-order valence-corrected chi connectivity index (χ1v) is 10.8. The number of hydrogen-bond donors (Lipinski definition) is 1. The molecular formula is C24H27N7O4. The first kappa shape index (κ1) is 25.2. The van der Waals surface area contributed by atoms with Gasteiger partial charge in [-0.05, 0) is 49.4 Å². The average Bonchev–Trinajstić information content (AvgIpc) is 2.89. The van der Waals surface area contributed by atoms with Crippen molar-refractivity contribution in [1.82, 2.24) is 0 Å². The third kappa shape index (κ3) is 6.81. The maximum absolute atomic E-state index is 10.8. The van der Waals surface area contributed by atoms with Crippen LogP contribution in [0.15, 0.2) is 81.1 Å². The average molecular weight is 478 g/mol. The number of nitrogens with zero attached hydrogens (tertiary/aromatic N) is 6. The molecule has 11 heteroatoms. The zero-order valence-electron chi connectivity index (χ0n) is 19.8. The van der Waals surface area contributed by atoms with Crippen LogP contribution in [-0.4, -0.2) is 39.3 Å². The molecule has 0 fully saturated rings. The predicted molar refractivity (Wildman–Crippen MR) is 134 cm³/mol. The number of rotatable bonds is 11. The molecule has 0 aliphatic carbocycles. The van der Waals surface area contributed by atoms with Crippen LogP contribution in [0.3, 0.4) is 0 Å². The van der Waals surface area contributed by atoms with E-state index in [4.69, 9.17) is 15.2 Å². The van der Waals surface area contributed by atoms with Crippen LogP contribution in [0.1, 0.15) is 6.42 Å². The zero-order chi connectivity index (χ0) is 25.2. The molecule has 3 rings (SSSR count). The highest BCUT2D eigenvalue weighted by atomic mass is 16.6. The number of benzene rings is 3. The molecule has 0 aliphatic heterocycles. The first-order chi connectivity index (χ1) is 16.9. The molecule has 0 atom stereocenters. The molecule has 3 aromatic rings. The van der Waals surface area contributed by atoms with E-state index in [9.17, 15) is 10.1 Å². The Morgan fingerprint density at radius 2 is 1.34 bits per heavy atom. The highest BCUT2D eigenvalue weighted by Crippen LogP contribution is 2.41. The van der Waals surface area contributed by atoms with E-state index in [1.165, 1.54) is 38.5 Å². The molecule has 0 amide bonds. The van der Waals surface area contributed by atoms with Crippen molar-refractivity contribution in [1.29, 1.82) is 0 Å². The summed E-state index contributed by atoms with van der Waals surface area (Å²) in [4.78, 5) is 12.5. The summed E-state index contributed by atoms with van der Waals surface area (Å²) in [5.74, 6) is 0.854. The Bertz CT molecular complexity index is 1200. The van der Waals surface area contributed by atoms with Crippen LogP contribution < -0.4 is 20.1 Å². The molecule has 0 aromatic heterocycles. The van der Waals surface area contributed by atoms with Crippen molar-refractivity contribution < 1.29 is 14.4 Å². The fourth-order valence-corrected chi connectivity index (χ4v) is 3.12. The van der Waals surface area contributed by atoms with Gasteiger partial charge in [0.1, 0.15) is 22.9 Å². The van der Waals surface area contributed by atoms with Gasteiger partial charge in [0.05, 0.1) is 30.5 Å². The van der Waals surface area contributed by atoms with E-state index in [1.54, 1.807) is 12.1 Å². The number of azo groups is 2. The van der Waals surface area contributed by atoms with E-state index in [2.05, 4.69) is 25.4 Å². The number of nitro groups is 1. The largest absolute Gasteiger partial charge is 0.494 e. The van der Waals surface area contributed by atoms with Gasteiger partial charge in [0.2, 0.25) is 0 Å². The third-order valence-corrected chi connectivity index (χ3v) is 5.08. The standard InChI is InChI=1S/C24H27N7O4/c1-30(14-4-13-25)19-9-5-17(6-10-19)26-28-21-15-24(35-3)22(16-23(21)34-2)29-27-18-7-11-20(12-8-18)31(32)33/h5-12,15-16H,4,13-14,25H2,1-3H3.